The highest BCUT2D eigenvalue weighted by molar-refractivity contribution is 7.95. The quantitative estimate of drug-likeness (QED) is 0.466. The van der Waals surface area contributed by atoms with Gasteiger partial charge in [-0.15, -0.1) is 0 Å². The molecule has 160 valence electrons. The number of nitrogens with one attached hydrogen (secondary N) is 1. The molecule has 0 bridgehead atoms. The lowest BCUT2D eigenvalue weighted by molar-refractivity contribution is 0.378. The monoisotopic (exact) mass is 457 g/mol. The number of sulfonamides is 1. The van der Waals surface area contributed by atoms with Gasteiger partial charge in [-0.1, -0.05) is 54.1 Å². The fraction of sp³-hybridized carbons (Fsp3) is 0.182. The molecule has 0 atom stereocenters. The fourth-order valence-electron chi connectivity index (χ4n) is 2.84. The van der Waals surface area contributed by atoms with Crippen molar-refractivity contribution in [2.75, 3.05) is 11.8 Å². The van der Waals surface area contributed by atoms with Crippen molar-refractivity contribution in [2.45, 2.75) is 18.8 Å². The summed E-state index contributed by atoms with van der Waals surface area (Å²) in [7, 11) is -2.38. The summed E-state index contributed by atoms with van der Waals surface area (Å²) in [6.07, 6.45) is 3.36. The standard InChI is InChI=1S/C22H20ClN3O4S/c1-29-17-9-5-6-10-18(17)30-19-20(23)24-21(16-11-12-16)25-22(19)26-31(27,28)14-13-15-7-3-2-4-8-15/h2-10,13-14,16H,11-12H2,1H3,(H,24,25,26). The molecule has 2 aromatic carbocycles. The van der Waals surface area contributed by atoms with Gasteiger partial charge in [0.2, 0.25) is 5.75 Å². The SMILES string of the molecule is COc1ccccc1Oc1c(Cl)nc(C2CC2)nc1NS(=O)(=O)C=Cc1ccccc1. The Labute approximate surface area is 185 Å². The number of halogens is 1. The third-order valence-corrected chi connectivity index (χ3v) is 5.77. The van der Waals surface area contributed by atoms with E-state index in [2.05, 4.69) is 14.7 Å². The van der Waals surface area contributed by atoms with Gasteiger partial charge in [-0.2, -0.15) is 0 Å². The molecule has 7 nitrogen and oxygen atoms in total. The van der Waals surface area contributed by atoms with Gasteiger partial charge in [0.15, 0.2) is 22.5 Å². The zero-order valence-corrected chi connectivity index (χ0v) is 18.2. The molecule has 1 N–H and O–H groups in total. The zero-order chi connectivity index (χ0) is 21.8. The molecular weight excluding hydrogens is 438 g/mol. The first-order valence-corrected chi connectivity index (χ1v) is 11.5. The van der Waals surface area contributed by atoms with E-state index >= 15 is 0 Å². The summed E-state index contributed by atoms with van der Waals surface area (Å²) in [6.45, 7) is 0. The first-order valence-electron chi connectivity index (χ1n) is 9.59. The van der Waals surface area contributed by atoms with Gasteiger partial charge in [-0.25, -0.2) is 18.4 Å². The number of hydrogen-bond acceptors (Lipinski definition) is 6. The van der Waals surface area contributed by atoms with E-state index in [0.29, 0.717) is 17.3 Å². The molecule has 0 amide bonds. The molecule has 1 saturated carbocycles. The molecule has 31 heavy (non-hydrogen) atoms. The smallest absolute Gasteiger partial charge is 0.256 e. The maximum Gasteiger partial charge on any atom is 0.256 e. The molecule has 1 fully saturated rings. The second-order valence-electron chi connectivity index (χ2n) is 6.94. The van der Waals surface area contributed by atoms with E-state index in [1.807, 2.05) is 18.2 Å². The topological polar surface area (TPSA) is 90.4 Å². The molecule has 4 rings (SSSR count). The van der Waals surface area contributed by atoms with E-state index in [9.17, 15) is 8.42 Å². The Morgan fingerprint density at radius 3 is 2.39 bits per heavy atom. The molecule has 0 saturated heterocycles. The maximum absolute atomic E-state index is 12.7. The first-order chi connectivity index (χ1) is 14.9. The Kier molecular flexibility index (Phi) is 6.11. The van der Waals surface area contributed by atoms with E-state index in [1.54, 1.807) is 36.4 Å². The molecule has 1 aliphatic rings. The highest BCUT2D eigenvalue weighted by Crippen LogP contribution is 2.43. The Morgan fingerprint density at radius 2 is 1.71 bits per heavy atom. The molecular formula is C22H20ClN3O4S. The number of para-hydroxylation sites is 2. The van der Waals surface area contributed by atoms with Crippen LogP contribution in [0.25, 0.3) is 6.08 Å². The summed E-state index contributed by atoms with van der Waals surface area (Å²) in [5, 5.41) is 1.09. The van der Waals surface area contributed by atoms with Gasteiger partial charge in [-0.05, 0) is 36.6 Å². The van der Waals surface area contributed by atoms with Crippen LogP contribution in [0.3, 0.4) is 0 Å². The zero-order valence-electron chi connectivity index (χ0n) is 16.7. The molecule has 9 heteroatoms. The van der Waals surface area contributed by atoms with Crippen molar-refractivity contribution in [1.29, 1.82) is 0 Å². The molecule has 1 aromatic heterocycles. The predicted octanol–water partition coefficient (Wildman–Crippen LogP) is 5.22. The number of aromatic nitrogens is 2. The third kappa shape index (κ3) is 5.34. The van der Waals surface area contributed by atoms with Crippen molar-refractivity contribution in [3.63, 3.8) is 0 Å². The van der Waals surface area contributed by atoms with Gasteiger partial charge in [0, 0.05) is 5.92 Å². The number of anilines is 1. The fourth-order valence-corrected chi connectivity index (χ4v) is 3.86. The molecule has 0 spiro atoms. The molecule has 0 unspecified atom stereocenters. The lowest BCUT2D eigenvalue weighted by Gasteiger charge is -2.15. The summed E-state index contributed by atoms with van der Waals surface area (Å²) < 4.78 is 39.1. The first kappa shape index (κ1) is 21.1. The second-order valence-corrected chi connectivity index (χ2v) is 8.86. The molecule has 3 aromatic rings. The van der Waals surface area contributed by atoms with Gasteiger partial charge in [0.05, 0.1) is 12.5 Å². The van der Waals surface area contributed by atoms with Crippen molar-refractivity contribution in [2.24, 2.45) is 0 Å². The van der Waals surface area contributed by atoms with Crippen LogP contribution in [-0.4, -0.2) is 25.5 Å². The van der Waals surface area contributed by atoms with Crippen molar-refractivity contribution in [3.05, 3.63) is 76.5 Å². The number of ether oxygens (including phenoxy) is 2. The average molecular weight is 458 g/mol. The Hall–Kier alpha value is -3.10. The summed E-state index contributed by atoms with van der Waals surface area (Å²) in [5.41, 5.74) is 0.748. The minimum atomic E-state index is -3.89. The van der Waals surface area contributed by atoms with Crippen LogP contribution in [0.5, 0.6) is 17.2 Å². The molecule has 1 aliphatic carbocycles. The lowest BCUT2D eigenvalue weighted by atomic mass is 10.2. The summed E-state index contributed by atoms with van der Waals surface area (Å²) in [4.78, 5) is 8.71. The van der Waals surface area contributed by atoms with Crippen molar-refractivity contribution < 1.29 is 17.9 Å². The Morgan fingerprint density at radius 1 is 1.03 bits per heavy atom. The minimum Gasteiger partial charge on any atom is -0.493 e. The van der Waals surface area contributed by atoms with Crippen LogP contribution in [0, 0.1) is 0 Å². The van der Waals surface area contributed by atoms with E-state index in [4.69, 9.17) is 21.1 Å². The van der Waals surface area contributed by atoms with Crippen molar-refractivity contribution >= 4 is 33.5 Å². The van der Waals surface area contributed by atoms with Gasteiger partial charge >= 0.3 is 0 Å². The summed E-state index contributed by atoms with van der Waals surface area (Å²) in [6, 6.07) is 16.1. The van der Waals surface area contributed by atoms with E-state index in [-0.39, 0.29) is 22.6 Å². The Bertz CT molecular complexity index is 1210. The van der Waals surface area contributed by atoms with E-state index in [1.165, 1.54) is 13.2 Å². The van der Waals surface area contributed by atoms with Crippen molar-refractivity contribution in [1.82, 2.24) is 9.97 Å². The van der Waals surface area contributed by atoms with Gasteiger partial charge in [0.1, 0.15) is 5.82 Å². The van der Waals surface area contributed by atoms with Gasteiger partial charge in [-0.3, -0.25) is 4.72 Å². The van der Waals surface area contributed by atoms with Crippen LogP contribution in [-0.2, 0) is 10.0 Å². The molecule has 0 radical (unpaired) electrons. The summed E-state index contributed by atoms with van der Waals surface area (Å²) in [5.74, 6) is 1.46. The highest BCUT2D eigenvalue weighted by Gasteiger charge is 2.30. The van der Waals surface area contributed by atoms with Crippen LogP contribution >= 0.6 is 11.6 Å². The van der Waals surface area contributed by atoms with Crippen LogP contribution in [0.4, 0.5) is 5.82 Å². The number of methoxy groups -OCH3 is 1. The van der Waals surface area contributed by atoms with E-state index < -0.39 is 10.0 Å². The minimum absolute atomic E-state index is 0.00672. The molecule has 0 aliphatic heterocycles. The summed E-state index contributed by atoms with van der Waals surface area (Å²) >= 11 is 6.38. The highest BCUT2D eigenvalue weighted by atomic mass is 35.5. The van der Waals surface area contributed by atoms with Crippen LogP contribution in [0.1, 0.15) is 30.1 Å². The van der Waals surface area contributed by atoms with Crippen LogP contribution in [0.2, 0.25) is 5.15 Å². The van der Waals surface area contributed by atoms with Crippen molar-refractivity contribution in [3.8, 4) is 17.2 Å². The number of rotatable bonds is 8. The van der Waals surface area contributed by atoms with Crippen LogP contribution in [0.15, 0.2) is 60.0 Å². The maximum atomic E-state index is 12.7. The van der Waals surface area contributed by atoms with Crippen LogP contribution < -0.4 is 14.2 Å². The number of nitrogens with zero attached hydrogens (tertiary/aromatic N) is 2. The normalized spacial score (nSPS) is 13.9. The van der Waals surface area contributed by atoms with E-state index in [0.717, 1.165) is 23.8 Å². The number of hydrogen-bond donors (Lipinski definition) is 1. The predicted molar refractivity (Wildman–Crippen MR) is 120 cm³/mol. The van der Waals surface area contributed by atoms with Gasteiger partial charge in [0.25, 0.3) is 10.0 Å². The lowest BCUT2D eigenvalue weighted by Crippen LogP contribution is -2.13. The number of benzene rings is 2. The Balaban J connectivity index is 1.68. The third-order valence-electron chi connectivity index (χ3n) is 4.54. The second kappa shape index (κ2) is 8.95. The largest absolute Gasteiger partial charge is 0.493 e. The molecule has 1 heterocycles. The van der Waals surface area contributed by atoms with Gasteiger partial charge < -0.3 is 9.47 Å². The average Bonchev–Trinajstić information content (AvgIpc) is 3.61.